The molecule has 1 aliphatic heterocycles. The van der Waals surface area contributed by atoms with Gasteiger partial charge < -0.3 is 4.74 Å². The van der Waals surface area contributed by atoms with Gasteiger partial charge in [0.2, 0.25) is 0 Å². The first-order chi connectivity index (χ1) is 8.22. The van der Waals surface area contributed by atoms with E-state index in [0.29, 0.717) is 11.5 Å². The van der Waals surface area contributed by atoms with Gasteiger partial charge in [-0.2, -0.15) is 0 Å². The molecule has 1 aliphatic rings. The fourth-order valence-electron chi connectivity index (χ4n) is 2.43. The Morgan fingerprint density at radius 3 is 2.76 bits per heavy atom. The van der Waals surface area contributed by atoms with E-state index in [4.69, 9.17) is 10.6 Å². The second kappa shape index (κ2) is 5.58. The van der Waals surface area contributed by atoms with Crippen LogP contribution in [0, 0.1) is 18.7 Å². The maximum absolute atomic E-state index is 13.8. The third-order valence-corrected chi connectivity index (χ3v) is 3.40. The lowest BCUT2D eigenvalue weighted by atomic mass is 9.87. The predicted molar refractivity (Wildman–Crippen MR) is 64.7 cm³/mol. The second-order valence-electron chi connectivity index (χ2n) is 4.62. The number of hydrogen-bond donors (Lipinski definition) is 2. The zero-order chi connectivity index (χ0) is 12.3. The predicted octanol–water partition coefficient (Wildman–Crippen LogP) is 2.07. The molecule has 0 saturated carbocycles. The van der Waals surface area contributed by atoms with Gasteiger partial charge in [-0.05, 0) is 31.7 Å². The highest BCUT2D eigenvalue weighted by Gasteiger charge is 2.26. The van der Waals surface area contributed by atoms with Gasteiger partial charge in [0, 0.05) is 18.8 Å². The van der Waals surface area contributed by atoms with Gasteiger partial charge in [0.25, 0.3) is 0 Å². The van der Waals surface area contributed by atoms with E-state index in [2.05, 4.69) is 5.43 Å². The fourth-order valence-corrected chi connectivity index (χ4v) is 2.43. The molecule has 1 heterocycles. The Hall–Kier alpha value is -0.970. The lowest BCUT2D eigenvalue weighted by Gasteiger charge is -2.30. The zero-order valence-electron chi connectivity index (χ0n) is 10.1. The van der Waals surface area contributed by atoms with Crippen molar-refractivity contribution in [3.05, 3.63) is 35.1 Å². The molecule has 0 aliphatic carbocycles. The van der Waals surface area contributed by atoms with Gasteiger partial charge in [0.05, 0.1) is 6.04 Å². The molecule has 1 aromatic carbocycles. The highest BCUT2D eigenvalue weighted by Crippen LogP contribution is 2.31. The summed E-state index contributed by atoms with van der Waals surface area (Å²) in [5.41, 5.74) is 4.48. The number of nitrogens with one attached hydrogen (secondary N) is 1. The van der Waals surface area contributed by atoms with Crippen LogP contribution >= 0.6 is 0 Å². The molecule has 17 heavy (non-hydrogen) atoms. The normalized spacial score (nSPS) is 19.2. The minimum Gasteiger partial charge on any atom is -0.381 e. The van der Waals surface area contributed by atoms with E-state index in [0.717, 1.165) is 31.6 Å². The van der Waals surface area contributed by atoms with Crippen molar-refractivity contribution < 1.29 is 9.13 Å². The van der Waals surface area contributed by atoms with Crippen molar-refractivity contribution >= 4 is 0 Å². The summed E-state index contributed by atoms with van der Waals surface area (Å²) in [4.78, 5) is 0. The van der Waals surface area contributed by atoms with Gasteiger partial charge in [-0.3, -0.25) is 11.3 Å². The average molecular weight is 238 g/mol. The molecule has 3 nitrogen and oxygen atoms in total. The van der Waals surface area contributed by atoms with E-state index in [1.165, 1.54) is 6.07 Å². The molecule has 1 saturated heterocycles. The first-order valence-corrected chi connectivity index (χ1v) is 6.02. The molecule has 0 amide bonds. The molecule has 1 fully saturated rings. The summed E-state index contributed by atoms with van der Waals surface area (Å²) in [6.45, 7) is 3.42. The largest absolute Gasteiger partial charge is 0.381 e. The van der Waals surface area contributed by atoms with E-state index < -0.39 is 0 Å². The summed E-state index contributed by atoms with van der Waals surface area (Å²) in [6.07, 6.45) is 1.84. The van der Waals surface area contributed by atoms with Crippen molar-refractivity contribution in [2.75, 3.05) is 13.2 Å². The Kier molecular flexibility index (Phi) is 4.10. The number of benzene rings is 1. The number of hydrogen-bond acceptors (Lipinski definition) is 3. The Bertz CT molecular complexity index is 378. The maximum atomic E-state index is 13.8. The van der Waals surface area contributed by atoms with Crippen molar-refractivity contribution in [3.63, 3.8) is 0 Å². The van der Waals surface area contributed by atoms with Crippen molar-refractivity contribution in [1.82, 2.24) is 5.43 Å². The number of halogens is 1. The molecule has 0 bridgehead atoms. The average Bonchev–Trinajstić information content (AvgIpc) is 2.36. The summed E-state index contributed by atoms with van der Waals surface area (Å²) in [7, 11) is 0. The van der Waals surface area contributed by atoms with E-state index in [-0.39, 0.29) is 11.9 Å². The number of rotatable bonds is 3. The molecule has 1 atom stereocenters. The number of ether oxygens (including phenoxy) is 1. The van der Waals surface area contributed by atoms with Crippen molar-refractivity contribution in [2.24, 2.45) is 11.8 Å². The molecule has 94 valence electrons. The van der Waals surface area contributed by atoms with Gasteiger partial charge in [-0.15, -0.1) is 0 Å². The summed E-state index contributed by atoms with van der Waals surface area (Å²) in [5, 5.41) is 0. The zero-order valence-corrected chi connectivity index (χ0v) is 10.1. The Morgan fingerprint density at radius 2 is 2.12 bits per heavy atom. The molecule has 0 radical (unpaired) electrons. The van der Waals surface area contributed by atoms with Gasteiger partial charge in [0.15, 0.2) is 0 Å². The van der Waals surface area contributed by atoms with Crippen LogP contribution in [-0.4, -0.2) is 13.2 Å². The van der Waals surface area contributed by atoms with Crippen LogP contribution in [0.2, 0.25) is 0 Å². The molecular formula is C13H19FN2O. The highest BCUT2D eigenvalue weighted by molar-refractivity contribution is 5.27. The molecule has 2 rings (SSSR count). The van der Waals surface area contributed by atoms with Gasteiger partial charge >= 0.3 is 0 Å². The molecule has 1 unspecified atom stereocenters. The van der Waals surface area contributed by atoms with E-state index in [1.807, 2.05) is 13.0 Å². The lowest BCUT2D eigenvalue weighted by molar-refractivity contribution is 0.0531. The SMILES string of the molecule is Cc1ccc(F)c(C(NN)C2CCOCC2)c1. The quantitative estimate of drug-likeness (QED) is 0.626. The van der Waals surface area contributed by atoms with Gasteiger partial charge in [-0.1, -0.05) is 17.7 Å². The summed E-state index contributed by atoms with van der Waals surface area (Å²) in [6, 6.07) is 5.03. The van der Waals surface area contributed by atoms with Crippen LogP contribution in [0.15, 0.2) is 18.2 Å². The Labute approximate surface area is 101 Å². The van der Waals surface area contributed by atoms with Crippen LogP contribution in [0.5, 0.6) is 0 Å². The van der Waals surface area contributed by atoms with Crippen LogP contribution in [0.1, 0.15) is 30.0 Å². The lowest BCUT2D eigenvalue weighted by Crippen LogP contribution is -2.36. The van der Waals surface area contributed by atoms with Crippen molar-refractivity contribution in [3.8, 4) is 0 Å². The molecule has 1 aromatic rings. The standard InChI is InChI=1S/C13H19FN2O/c1-9-2-3-12(14)11(8-9)13(16-15)10-4-6-17-7-5-10/h2-3,8,10,13,16H,4-7,15H2,1H3. The molecule has 4 heteroatoms. The maximum Gasteiger partial charge on any atom is 0.128 e. The van der Waals surface area contributed by atoms with Gasteiger partial charge in [-0.25, -0.2) is 4.39 Å². The summed E-state index contributed by atoms with van der Waals surface area (Å²) >= 11 is 0. The fraction of sp³-hybridized carbons (Fsp3) is 0.538. The van der Waals surface area contributed by atoms with E-state index >= 15 is 0 Å². The summed E-state index contributed by atoms with van der Waals surface area (Å²) < 4.78 is 19.2. The molecule has 3 N–H and O–H groups in total. The molecule has 0 aromatic heterocycles. The summed E-state index contributed by atoms with van der Waals surface area (Å²) in [5.74, 6) is 5.75. The van der Waals surface area contributed by atoms with Crippen LogP contribution < -0.4 is 11.3 Å². The number of nitrogens with two attached hydrogens (primary N) is 1. The van der Waals surface area contributed by atoms with Crippen LogP contribution in [-0.2, 0) is 4.74 Å². The Balaban J connectivity index is 2.24. The highest BCUT2D eigenvalue weighted by atomic mass is 19.1. The smallest absolute Gasteiger partial charge is 0.128 e. The van der Waals surface area contributed by atoms with Crippen LogP contribution in [0.4, 0.5) is 4.39 Å². The third kappa shape index (κ3) is 2.83. The van der Waals surface area contributed by atoms with Gasteiger partial charge in [0.1, 0.15) is 5.82 Å². The minimum atomic E-state index is -0.190. The third-order valence-electron chi connectivity index (χ3n) is 3.40. The monoisotopic (exact) mass is 238 g/mol. The van der Waals surface area contributed by atoms with Crippen LogP contribution in [0.3, 0.4) is 0 Å². The first kappa shape index (κ1) is 12.5. The topological polar surface area (TPSA) is 47.3 Å². The second-order valence-corrected chi connectivity index (χ2v) is 4.62. The molecular weight excluding hydrogens is 219 g/mol. The molecule has 0 spiro atoms. The first-order valence-electron chi connectivity index (χ1n) is 6.02. The van der Waals surface area contributed by atoms with E-state index in [9.17, 15) is 4.39 Å². The van der Waals surface area contributed by atoms with Crippen molar-refractivity contribution in [1.29, 1.82) is 0 Å². The minimum absolute atomic E-state index is 0.126. The van der Waals surface area contributed by atoms with E-state index in [1.54, 1.807) is 6.07 Å². The van der Waals surface area contributed by atoms with Crippen LogP contribution in [0.25, 0.3) is 0 Å². The number of hydrazine groups is 1. The number of aryl methyl sites for hydroxylation is 1. The Morgan fingerprint density at radius 1 is 1.41 bits per heavy atom. The van der Waals surface area contributed by atoms with Crippen molar-refractivity contribution in [2.45, 2.75) is 25.8 Å².